The van der Waals surface area contributed by atoms with Crippen LogP contribution >= 0.6 is 11.8 Å². The lowest BCUT2D eigenvalue weighted by Gasteiger charge is -2.26. The minimum Gasteiger partial charge on any atom is -0.378 e. The zero-order valence-electron chi connectivity index (χ0n) is 20.8. The van der Waals surface area contributed by atoms with E-state index in [1.807, 2.05) is 47.4 Å². The summed E-state index contributed by atoms with van der Waals surface area (Å²) in [6.45, 7) is 2.54. The fraction of sp³-hybridized carbons (Fsp3) is 0.407. The summed E-state index contributed by atoms with van der Waals surface area (Å²) < 4.78 is 5.32. The van der Waals surface area contributed by atoms with Crippen molar-refractivity contribution in [3.8, 4) is 0 Å². The van der Waals surface area contributed by atoms with Crippen molar-refractivity contribution in [3.63, 3.8) is 0 Å². The number of nitrogens with zero attached hydrogens (tertiary/aromatic N) is 3. The number of hydrogen-bond acceptors (Lipinski definition) is 9. The fourth-order valence-electron chi connectivity index (χ4n) is 4.72. The third-order valence-corrected chi connectivity index (χ3v) is 7.73. The molecule has 1 aliphatic heterocycles. The molecular weight excluding hydrogens is 486 g/mol. The van der Waals surface area contributed by atoms with E-state index in [2.05, 4.69) is 20.6 Å². The van der Waals surface area contributed by atoms with Crippen LogP contribution in [0.5, 0.6) is 0 Å². The highest BCUT2D eigenvalue weighted by Gasteiger charge is 2.22. The highest BCUT2D eigenvalue weighted by atomic mass is 32.2. The van der Waals surface area contributed by atoms with Gasteiger partial charge in [-0.15, -0.1) is 0 Å². The van der Waals surface area contributed by atoms with Gasteiger partial charge in [0.15, 0.2) is 0 Å². The molecular formula is C27H33N7O2S. The Morgan fingerprint density at radius 1 is 1.11 bits per heavy atom. The second kappa shape index (κ2) is 11.9. The number of amides is 1. The molecule has 1 saturated carbocycles. The Labute approximate surface area is 221 Å². The minimum atomic E-state index is -0.430. The fourth-order valence-corrected chi connectivity index (χ4v) is 5.60. The molecule has 0 radical (unpaired) electrons. The summed E-state index contributed by atoms with van der Waals surface area (Å²) in [6, 6.07) is 13.6. The van der Waals surface area contributed by atoms with Crippen LogP contribution in [0.3, 0.4) is 0 Å². The number of aromatic nitrogens is 2. The highest BCUT2D eigenvalue weighted by molar-refractivity contribution is 8.14. The van der Waals surface area contributed by atoms with Crippen LogP contribution in [0.15, 0.2) is 48.7 Å². The van der Waals surface area contributed by atoms with Crippen molar-refractivity contribution in [2.45, 2.75) is 37.6 Å². The Balaban J connectivity index is 1.19. The molecule has 10 heteroatoms. The number of anilines is 3. The average Bonchev–Trinajstić information content (AvgIpc) is 3.45. The van der Waals surface area contributed by atoms with Gasteiger partial charge in [0.05, 0.1) is 47.6 Å². The van der Waals surface area contributed by atoms with Crippen LogP contribution in [0.1, 0.15) is 31.2 Å². The first-order valence-electron chi connectivity index (χ1n) is 12.8. The number of benzene rings is 1. The van der Waals surface area contributed by atoms with E-state index in [1.54, 1.807) is 6.20 Å². The number of thioether (sulfide) groups is 1. The van der Waals surface area contributed by atoms with Crippen LogP contribution in [0, 0.1) is 11.3 Å². The quantitative estimate of drug-likeness (QED) is 0.197. The smallest absolute Gasteiger partial charge is 0.227 e. The van der Waals surface area contributed by atoms with Crippen molar-refractivity contribution in [2.24, 2.45) is 11.7 Å². The molecule has 1 saturated heterocycles. The molecule has 5 rings (SSSR count). The molecule has 3 aromatic rings. The zero-order chi connectivity index (χ0) is 25.6. The van der Waals surface area contributed by atoms with Crippen LogP contribution in [0.2, 0.25) is 0 Å². The van der Waals surface area contributed by atoms with E-state index in [1.165, 1.54) is 24.6 Å². The predicted octanol–water partition coefficient (Wildman–Crippen LogP) is 4.33. The van der Waals surface area contributed by atoms with Crippen LogP contribution in [0.25, 0.3) is 11.0 Å². The Bertz CT molecular complexity index is 1240. The van der Waals surface area contributed by atoms with Gasteiger partial charge in [0.2, 0.25) is 5.91 Å². The predicted molar refractivity (Wildman–Crippen MR) is 149 cm³/mol. The van der Waals surface area contributed by atoms with Gasteiger partial charge in [0, 0.05) is 24.7 Å². The lowest BCUT2D eigenvalue weighted by atomic mass is 10.1. The molecule has 1 atom stereocenters. The molecule has 0 spiro atoms. The highest BCUT2D eigenvalue weighted by Crippen LogP contribution is 2.30. The molecule has 1 unspecified atom stereocenters. The molecule has 2 aliphatic rings. The first-order valence-corrected chi connectivity index (χ1v) is 13.7. The first kappa shape index (κ1) is 25.4. The van der Waals surface area contributed by atoms with E-state index in [0.717, 1.165) is 40.8 Å². The van der Waals surface area contributed by atoms with Crippen LogP contribution in [0.4, 0.5) is 17.2 Å². The van der Waals surface area contributed by atoms with Crippen molar-refractivity contribution in [3.05, 3.63) is 54.2 Å². The van der Waals surface area contributed by atoms with Crippen LogP contribution in [-0.2, 0) is 16.0 Å². The molecule has 9 nitrogen and oxygen atoms in total. The number of nitrogens with one attached hydrogen (secondary N) is 3. The number of ether oxygens (including phenoxy) is 1. The van der Waals surface area contributed by atoms with Crippen LogP contribution < -0.4 is 16.4 Å². The topological polar surface area (TPSA) is 129 Å². The number of carbonyl (C=O) groups is 1. The largest absolute Gasteiger partial charge is 0.378 e. The Morgan fingerprint density at radius 2 is 1.86 bits per heavy atom. The van der Waals surface area contributed by atoms with E-state index in [-0.39, 0.29) is 5.91 Å². The second-order valence-electron chi connectivity index (χ2n) is 9.48. The summed E-state index contributed by atoms with van der Waals surface area (Å²) >= 11 is 1.37. The van der Waals surface area contributed by atoms with Gasteiger partial charge in [-0.3, -0.25) is 15.2 Å². The molecule has 2 fully saturated rings. The summed E-state index contributed by atoms with van der Waals surface area (Å²) in [5.74, 6) is 1.13. The van der Waals surface area contributed by atoms with Gasteiger partial charge in [-0.25, -0.2) is 4.98 Å². The van der Waals surface area contributed by atoms with Crippen molar-refractivity contribution >= 4 is 50.9 Å². The molecule has 3 heterocycles. The number of carbonyl (C=O) groups excluding carboxylic acids is 1. The Kier molecular flexibility index (Phi) is 8.18. The third-order valence-electron chi connectivity index (χ3n) is 6.77. The molecule has 0 bridgehead atoms. The number of nitrogens with two attached hydrogens (primary N) is 1. The van der Waals surface area contributed by atoms with Gasteiger partial charge in [-0.1, -0.05) is 36.7 Å². The monoisotopic (exact) mass is 519 g/mol. The molecule has 1 aliphatic carbocycles. The molecule has 194 valence electrons. The second-order valence-corrected chi connectivity index (χ2v) is 10.7. The van der Waals surface area contributed by atoms with E-state index >= 15 is 0 Å². The normalized spacial score (nSPS) is 17.1. The summed E-state index contributed by atoms with van der Waals surface area (Å²) in [5.41, 5.74) is 10.0. The molecule has 5 N–H and O–H groups in total. The van der Waals surface area contributed by atoms with Crippen molar-refractivity contribution in [2.75, 3.05) is 36.9 Å². The molecule has 1 aromatic carbocycles. The maximum Gasteiger partial charge on any atom is 0.227 e. The summed E-state index contributed by atoms with van der Waals surface area (Å²) in [6.07, 6.45) is 6.73. The first-order chi connectivity index (χ1) is 18.0. The standard InChI is InChI=1S/C27H33N7O2S/c28-26(19-3-1-2-4-19)37-27(29)33-24-10-9-22-23(32-24)16-21(17-30-22)31-20-7-5-18(6-8-20)15-25(35)34-11-13-36-14-12-34/h5-10,16-17,19,27-28,31H,1-4,11-15,29H2,(H,32,33). The number of pyridine rings is 2. The molecule has 37 heavy (non-hydrogen) atoms. The van der Waals surface area contributed by atoms with E-state index in [0.29, 0.717) is 49.5 Å². The number of hydrogen-bond donors (Lipinski definition) is 4. The van der Waals surface area contributed by atoms with Gasteiger partial charge in [-0.2, -0.15) is 0 Å². The van der Waals surface area contributed by atoms with Crippen molar-refractivity contribution in [1.82, 2.24) is 14.9 Å². The number of morpholine rings is 1. The van der Waals surface area contributed by atoms with Gasteiger partial charge in [-0.05, 0) is 48.7 Å². The van der Waals surface area contributed by atoms with Crippen molar-refractivity contribution < 1.29 is 9.53 Å². The zero-order valence-corrected chi connectivity index (χ0v) is 21.6. The van der Waals surface area contributed by atoms with Gasteiger partial charge in [0.1, 0.15) is 11.3 Å². The maximum absolute atomic E-state index is 12.5. The minimum absolute atomic E-state index is 0.131. The number of rotatable bonds is 8. The van der Waals surface area contributed by atoms with Crippen molar-refractivity contribution in [1.29, 1.82) is 5.41 Å². The Morgan fingerprint density at radius 3 is 2.62 bits per heavy atom. The molecule has 2 aromatic heterocycles. The summed E-state index contributed by atoms with van der Waals surface area (Å²) in [5, 5.41) is 15.5. The van der Waals surface area contributed by atoms with Gasteiger partial charge in [0.25, 0.3) is 0 Å². The van der Waals surface area contributed by atoms with Crippen LogP contribution in [-0.4, -0.2) is 57.6 Å². The lowest BCUT2D eigenvalue weighted by Crippen LogP contribution is -2.41. The summed E-state index contributed by atoms with van der Waals surface area (Å²) in [7, 11) is 0. The molecule has 1 amide bonds. The lowest BCUT2D eigenvalue weighted by molar-refractivity contribution is -0.134. The van der Waals surface area contributed by atoms with Gasteiger partial charge < -0.3 is 26.0 Å². The van der Waals surface area contributed by atoms with E-state index in [9.17, 15) is 4.79 Å². The van der Waals surface area contributed by atoms with E-state index < -0.39 is 5.50 Å². The van der Waals surface area contributed by atoms with Gasteiger partial charge >= 0.3 is 0 Å². The average molecular weight is 520 g/mol. The number of fused-ring (bicyclic) bond motifs is 1. The van der Waals surface area contributed by atoms with E-state index in [4.69, 9.17) is 15.9 Å². The SMILES string of the molecule is N=C(SC(N)Nc1ccc2ncc(Nc3ccc(CC(=O)N4CCOCC4)cc3)cc2n1)C1CCCC1. The maximum atomic E-state index is 12.5. The summed E-state index contributed by atoms with van der Waals surface area (Å²) in [4.78, 5) is 23.6. The Hall–Kier alpha value is -3.21. The third kappa shape index (κ3) is 6.76.